The van der Waals surface area contributed by atoms with Crippen LogP contribution in [0.2, 0.25) is 10.0 Å². The van der Waals surface area contributed by atoms with Crippen LogP contribution in [0, 0.1) is 5.82 Å². The van der Waals surface area contributed by atoms with Crippen LogP contribution in [-0.2, 0) is 0 Å². The molecule has 0 fully saturated rings. The molecule has 0 saturated heterocycles. The Bertz CT molecular complexity index is 1420. The number of hydrogen-bond donors (Lipinski definition) is 1. The Morgan fingerprint density at radius 1 is 1.00 bits per heavy atom. The highest BCUT2D eigenvalue weighted by Crippen LogP contribution is 2.39. The lowest BCUT2D eigenvalue weighted by Crippen LogP contribution is -2.46. The average Bonchev–Trinajstić information content (AvgIpc) is 3.30. The lowest BCUT2D eigenvalue weighted by atomic mass is 9.94. The number of halogens is 3. The van der Waals surface area contributed by atoms with Gasteiger partial charge >= 0.3 is 6.03 Å². The van der Waals surface area contributed by atoms with Gasteiger partial charge in [0.1, 0.15) is 5.82 Å². The Labute approximate surface area is 204 Å². The van der Waals surface area contributed by atoms with Crippen molar-refractivity contribution < 1.29 is 13.7 Å². The van der Waals surface area contributed by atoms with E-state index >= 15 is 0 Å². The van der Waals surface area contributed by atoms with Crippen molar-refractivity contribution in [1.82, 2.24) is 15.5 Å². The molecule has 1 N–H and O–H groups in total. The normalized spacial score (nSPS) is 16.1. The predicted octanol–water partition coefficient (Wildman–Crippen LogP) is 6.88. The molecule has 6 nitrogen and oxygen atoms in total. The SMILES string of the molecule is CC1=C(c2nc(-c3cccc(Cl)c3)no2)C(c2cccc(Cl)c2)NC(=O)N1c1ccc(F)cc1. The Kier molecular flexibility index (Phi) is 5.81. The first-order chi connectivity index (χ1) is 16.4. The maximum Gasteiger partial charge on any atom is 0.326 e. The first-order valence-electron chi connectivity index (χ1n) is 10.3. The van der Waals surface area contributed by atoms with Gasteiger partial charge in [-0.05, 0) is 61.0 Å². The molecule has 1 atom stereocenters. The third-order valence-electron chi connectivity index (χ3n) is 5.49. The molecule has 0 spiro atoms. The van der Waals surface area contributed by atoms with Crippen LogP contribution in [0.1, 0.15) is 24.4 Å². The molecule has 4 aromatic rings. The molecule has 9 heteroatoms. The molecule has 1 unspecified atom stereocenters. The van der Waals surface area contributed by atoms with Gasteiger partial charge in [-0.1, -0.05) is 52.6 Å². The van der Waals surface area contributed by atoms with Crippen molar-refractivity contribution in [1.29, 1.82) is 0 Å². The third-order valence-corrected chi connectivity index (χ3v) is 5.96. The van der Waals surface area contributed by atoms with Gasteiger partial charge in [0.2, 0.25) is 5.82 Å². The number of rotatable bonds is 4. The van der Waals surface area contributed by atoms with E-state index in [0.717, 1.165) is 5.56 Å². The van der Waals surface area contributed by atoms with Gasteiger partial charge in [0, 0.05) is 21.3 Å². The zero-order chi connectivity index (χ0) is 23.8. The smallest absolute Gasteiger partial charge is 0.326 e. The van der Waals surface area contributed by atoms with E-state index in [2.05, 4.69) is 15.5 Å². The van der Waals surface area contributed by atoms with Crippen molar-refractivity contribution in [2.24, 2.45) is 0 Å². The molecule has 1 aromatic heterocycles. The van der Waals surface area contributed by atoms with Crippen LogP contribution in [-0.4, -0.2) is 16.2 Å². The minimum Gasteiger partial charge on any atom is -0.334 e. The second-order valence-electron chi connectivity index (χ2n) is 7.68. The number of nitrogens with zero attached hydrogens (tertiary/aromatic N) is 3. The summed E-state index contributed by atoms with van der Waals surface area (Å²) >= 11 is 12.3. The number of amides is 2. The minimum absolute atomic E-state index is 0.226. The third kappa shape index (κ3) is 4.16. The maximum absolute atomic E-state index is 13.5. The Hall–Kier alpha value is -3.68. The number of carbonyl (C=O) groups excluding carboxylic acids is 1. The Morgan fingerprint density at radius 2 is 1.71 bits per heavy atom. The summed E-state index contributed by atoms with van der Waals surface area (Å²) < 4.78 is 19.2. The fourth-order valence-electron chi connectivity index (χ4n) is 3.93. The Morgan fingerprint density at radius 3 is 2.41 bits per heavy atom. The van der Waals surface area contributed by atoms with Crippen molar-refractivity contribution in [3.63, 3.8) is 0 Å². The summed E-state index contributed by atoms with van der Waals surface area (Å²) in [5.41, 5.74) is 3.08. The maximum atomic E-state index is 13.5. The highest BCUT2D eigenvalue weighted by atomic mass is 35.5. The number of benzene rings is 3. The number of allylic oxidation sites excluding steroid dienone is 1. The van der Waals surface area contributed by atoms with E-state index in [4.69, 9.17) is 27.7 Å². The lowest BCUT2D eigenvalue weighted by Gasteiger charge is -2.35. The minimum atomic E-state index is -0.601. The number of hydrogen-bond acceptors (Lipinski definition) is 4. The fraction of sp³-hybridized carbons (Fsp3) is 0.0800. The number of urea groups is 1. The topological polar surface area (TPSA) is 71.3 Å². The van der Waals surface area contributed by atoms with E-state index in [1.54, 1.807) is 43.3 Å². The molecule has 1 aliphatic heterocycles. The van der Waals surface area contributed by atoms with Crippen LogP contribution in [0.4, 0.5) is 14.9 Å². The van der Waals surface area contributed by atoms with Gasteiger partial charge in [0.25, 0.3) is 5.89 Å². The highest BCUT2D eigenvalue weighted by Gasteiger charge is 2.36. The fourth-order valence-corrected chi connectivity index (χ4v) is 4.32. The summed E-state index contributed by atoms with van der Waals surface area (Å²) in [5.74, 6) is 0.181. The molecule has 1 aliphatic rings. The van der Waals surface area contributed by atoms with E-state index in [1.807, 2.05) is 12.1 Å². The Balaban J connectivity index is 1.66. The van der Waals surface area contributed by atoms with E-state index < -0.39 is 11.9 Å². The van der Waals surface area contributed by atoms with Crippen molar-refractivity contribution in [2.45, 2.75) is 13.0 Å². The van der Waals surface area contributed by atoms with Gasteiger partial charge in [-0.25, -0.2) is 9.18 Å². The molecule has 170 valence electrons. The van der Waals surface area contributed by atoms with Crippen molar-refractivity contribution in [2.75, 3.05) is 4.90 Å². The standard InChI is InChI=1S/C25H17Cl2FN4O2/c1-14-21(24-30-23(31-34-24)16-5-3-7-18(27)13-16)22(15-4-2-6-17(26)12-15)29-25(33)32(14)20-10-8-19(28)9-11-20/h2-13,22H,1H3,(H,29,33). The van der Waals surface area contributed by atoms with Crippen LogP contribution in [0.15, 0.2) is 83.0 Å². The summed E-state index contributed by atoms with van der Waals surface area (Å²) in [6.45, 7) is 1.78. The van der Waals surface area contributed by atoms with Crippen LogP contribution < -0.4 is 10.2 Å². The second kappa shape index (κ2) is 8.93. The van der Waals surface area contributed by atoms with Crippen molar-refractivity contribution in [3.05, 3.63) is 106 Å². The number of nitrogens with one attached hydrogen (secondary N) is 1. The van der Waals surface area contributed by atoms with Gasteiger partial charge in [-0.3, -0.25) is 4.90 Å². The van der Waals surface area contributed by atoms with Crippen LogP contribution in [0.5, 0.6) is 0 Å². The largest absolute Gasteiger partial charge is 0.334 e. The van der Waals surface area contributed by atoms with Gasteiger partial charge < -0.3 is 9.84 Å². The quantitative estimate of drug-likeness (QED) is 0.335. The summed E-state index contributed by atoms with van der Waals surface area (Å²) in [6.07, 6.45) is 0. The van der Waals surface area contributed by atoms with Crippen LogP contribution in [0.25, 0.3) is 17.0 Å². The molecule has 2 heterocycles. The van der Waals surface area contributed by atoms with Crippen LogP contribution >= 0.6 is 23.2 Å². The van der Waals surface area contributed by atoms with Crippen LogP contribution in [0.3, 0.4) is 0 Å². The average molecular weight is 495 g/mol. The number of carbonyl (C=O) groups is 1. The molecule has 2 amide bonds. The predicted molar refractivity (Wildman–Crippen MR) is 129 cm³/mol. The van der Waals surface area contributed by atoms with Gasteiger partial charge in [-0.15, -0.1) is 0 Å². The van der Waals surface area contributed by atoms with E-state index in [9.17, 15) is 9.18 Å². The monoisotopic (exact) mass is 494 g/mol. The molecule has 0 saturated carbocycles. The molecule has 0 bridgehead atoms. The summed E-state index contributed by atoms with van der Waals surface area (Å²) in [7, 11) is 0. The molecule has 3 aromatic carbocycles. The molecule has 34 heavy (non-hydrogen) atoms. The molecular weight excluding hydrogens is 478 g/mol. The summed E-state index contributed by atoms with van der Waals surface area (Å²) in [4.78, 5) is 19.2. The zero-order valence-corrected chi connectivity index (χ0v) is 19.3. The molecule has 5 rings (SSSR count). The summed E-state index contributed by atoms with van der Waals surface area (Å²) in [5, 5.41) is 8.18. The second-order valence-corrected chi connectivity index (χ2v) is 8.55. The first kappa shape index (κ1) is 22.1. The lowest BCUT2D eigenvalue weighted by molar-refractivity contribution is 0.244. The molecular formula is C25H17Cl2FN4O2. The van der Waals surface area contributed by atoms with Gasteiger partial charge in [-0.2, -0.15) is 4.98 Å². The zero-order valence-electron chi connectivity index (χ0n) is 17.8. The van der Waals surface area contributed by atoms with Gasteiger partial charge in [0.15, 0.2) is 0 Å². The summed E-state index contributed by atoms with van der Waals surface area (Å²) in [6, 6.07) is 18.9. The van der Waals surface area contributed by atoms with Crippen molar-refractivity contribution >= 4 is 40.5 Å². The molecule has 0 aliphatic carbocycles. The van der Waals surface area contributed by atoms with E-state index in [1.165, 1.54) is 29.2 Å². The highest BCUT2D eigenvalue weighted by molar-refractivity contribution is 6.31. The number of aromatic nitrogens is 2. The first-order valence-corrected chi connectivity index (χ1v) is 11.1. The van der Waals surface area contributed by atoms with E-state index in [0.29, 0.717) is 38.4 Å². The van der Waals surface area contributed by atoms with Gasteiger partial charge in [0.05, 0.1) is 17.3 Å². The number of anilines is 1. The van der Waals surface area contributed by atoms with E-state index in [-0.39, 0.29) is 11.9 Å². The van der Waals surface area contributed by atoms with Crippen molar-refractivity contribution in [3.8, 4) is 11.4 Å². The molecule has 0 radical (unpaired) electrons.